The summed E-state index contributed by atoms with van der Waals surface area (Å²) in [5, 5.41) is 5.59. The molecule has 2 rings (SSSR count). The van der Waals surface area contributed by atoms with Gasteiger partial charge in [0.05, 0.1) is 0 Å². The van der Waals surface area contributed by atoms with Crippen LogP contribution in [0.4, 0.5) is 5.69 Å². The first kappa shape index (κ1) is 14.3. The van der Waals surface area contributed by atoms with E-state index in [0.717, 1.165) is 12.8 Å². The largest absolute Gasteiger partial charge is 0.352 e. The van der Waals surface area contributed by atoms with Crippen LogP contribution in [0.3, 0.4) is 0 Å². The van der Waals surface area contributed by atoms with Crippen molar-refractivity contribution in [1.82, 2.24) is 5.32 Å². The van der Waals surface area contributed by atoms with Crippen LogP contribution in [0.25, 0.3) is 0 Å². The molecule has 4 heteroatoms. The van der Waals surface area contributed by atoms with Crippen molar-refractivity contribution in [1.29, 1.82) is 0 Å². The third kappa shape index (κ3) is 3.95. The summed E-state index contributed by atoms with van der Waals surface area (Å²) in [6, 6.07) is 7.01. The van der Waals surface area contributed by atoms with Crippen LogP contribution in [0.15, 0.2) is 36.4 Å². The maximum Gasteiger partial charge on any atom is 0.251 e. The van der Waals surface area contributed by atoms with Crippen LogP contribution in [0, 0.1) is 5.92 Å². The number of carbonyl (C=O) groups is 2. The first-order valence-electron chi connectivity index (χ1n) is 7.04. The number of carbonyl (C=O) groups excluding carboxylic acids is 2. The van der Waals surface area contributed by atoms with Crippen molar-refractivity contribution in [3.63, 3.8) is 0 Å². The average molecular weight is 272 g/mol. The van der Waals surface area contributed by atoms with Gasteiger partial charge in [0.2, 0.25) is 5.91 Å². The summed E-state index contributed by atoms with van der Waals surface area (Å²) in [6.07, 6.45) is 6.83. The lowest BCUT2D eigenvalue weighted by molar-refractivity contribution is -0.116. The molecule has 1 aromatic rings. The molecule has 4 nitrogen and oxygen atoms in total. The molecule has 0 saturated carbocycles. The number of nitrogens with one attached hydrogen (secondary N) is 2. The number of hydrogen-bond donors (Lipinski definition) is 2. The second kappa shape index (κ2) is 6.89. The maximum absolute atomic E-state index is 11.9. The minimum atomic E-state index is -0.123. The van der Waals surface area contributed by atoms with E-state index in [4.69, 9.17) is 0 Å². The summed E-state index contributed by atoms with van der Waals surface area (Å²) < 4.78 is 0. The van der Waals surface area contributed by atoms with E-state index in [2.05, 4.69) is 22.8 Å². The van der Waals surface area contributed by atoms with E-state index < -0.39 is 0 Å². The summed E-state index contributed by atoms with van der Waals surface area (Å²) in [7, 11) is 0. The Kier molecular flexibility index (Phi) is 4.93. The van der Waals surface area contributed by atoms with Crippen LogP contribution in [-0.2, 0) is 4.79 Å². The van der Waals surface area contributed by atoms with Gasteiger partial charge in [-0.05, 0) is 43.9 Å². The molecule has 1 atom stereocenters. The topological polar surface area (TPSA) is 58.2 Å². The highest BCUT2D eigenvalue weighted by atomic mass is 16.2. The van der Waals surface area contributed by atoms with Gasteiger partial charge in [0.25, 0.3) is 5.91 Å². The molecule has 0 saturated heterocycles. The lowest BCUT2D eigenvalue weighted by Crippen LogP contribution is -2.23. The molecule has 1 aliphatic carbocycles. The first-order chi connectivity index (χ1) is 9.69. The molecule has 1 aliphatic rings. The van der Waals surface area contributed by atoms with Crippen molar-refractivity contribution >= 4 is 17.5 Å². The van der Waals surface area contributed by atoms with Crippen LogP contribution in [-0.4, -0.2) is 18.4 Å². The van der Waals surface area contributed by atoms with Crippen molar-refractivity contribution in [3.8, 4) is 0 Å². The number of anilines is 1. The fraction of sp³-hybridized carbons (Fsp3) is 0.375. The zero-order valence-electron chi connectivity index (χ0n) is 11.7. The lowest BCUT2D eigenvalue weighted by atomic mass is 10.0. The van der Waals surface area contributed by atoms with Gasteiger partial charge in [0, 0.05) is 24.2 Å². The molecular weight excluding hydrogens is 252 g/mol. The molecule has 2 amide bonds. The summed E-state index contributed by atoms with van der Waals surface area (Å²) >= 11 is 0. The monoisotopic (exact) mass is 272 g/mol. The molecule has 0 bridgehead atoms. The Morgan fingerprint density at radius 1 is 1.35 bits per heavy atom. The van der Waals surface area contributed by atoms with Gasteiger partial charge in [-0.15, -0.1) is 0 Å². The highest BCUT2D eigenvalue weighted by Gasteiger charge is 2.14. The van der Waals surface area contributed by atoms with Crippen molar-refractivity contribution in [2.75, 3.05) is 11.9 Å². The second-order valence-electron chi connectivity index (χ2n) is 4.96. The van der Waals surface area contributed by atoms with E-state index in [9.17, 15) is 9.59 Å². The van der Waals surface area contributed by atoms with E-state index in [1.807, 2.05) is 6.92 Å². The van der Waals surface area contributed by atoms with E-state index in [1.165, 1.54) is 0 Å². The first-order valence-corrected chi connectivity index (χ1v) is 7.04. The van der Waals surface area contributed by atoms with Crippen LogP contribution >= 0.6 is 0 Å². The zero-order valence-corrected chi connectivity index (χ0v) is 11.7. The molecule has 0 heterocycles. The predicted molar refractivity (Wildman–Crippen MR) is 79.6 cm³/mol. The highest BCUT2D eigenvalue weighted by Crippen LogP contribution is 2.21. The predicted octanol–water partition coefficient (Wildman–Crippen LogP) is 2.73. The van der Waals surface area contributed by atoms with Crippen molar-refractivity contribution in [2.45, 2.75) is 26.2 Å². The van der Waals surface area contributed by atoms with Gasteiger partial charge in [0.15, 0.2) is 0 Å². The summed E-state index contributed by atoms with van der Waals surface area (Å²) in [4.78, 5) is 23.7. The average Bonchev–Trinajstić information content (AvgIpc) is 2.92. The Morgan fingerprint density at radius 2 is 2.20 bits per heavy atom. The van der Waals surface area contributed by atoms with Gasteiger partial charge < -0.3 is 10.6 Å². The molecule has 2 N–H and O–H groups in total. The maximum atomic E-state index is 11.9. The molecule has 0 spiro atoms. The van der Waals surface area contributed by atoms with Crippen molar-refractivity contribution < 1.29 is 9.59 Å². The number of rotatable bonds is 5. The molecule has 0 fully saturated rings. The van der Waals surface area contributed by atoms with Crippen LogP contribution < -0.4 is 10.6 Å². The van der Waals surface area contributed by atoms with Gasteiger partial charge in [-0.3, -0.25) is 9.59 Å². The van der Waals surface area contributed by atoms with Crippen LogP contribution in [0.1, 0.15) is 36.5 Å². The third-order valence-electron chi connectivity index (χ3n) is 3.31. The SMILES string of the molecule is CCNC(=O)c1cccc(NC(=O)C[C@@H]2C=CCC2)c1. The Bertz CT molecular complexity index is 523. The molecule has 106 valence electrons. The van der Waals surface area contributed by atoms with Crippen molar-refractivity contribution in [3.05, 3.63) is 42.0 Å². The summed E-state index contributed by atoms with van der Waals surface area (Å²) in [6.45, 7) is 2.46. The van der Waals surface area contributed by atoms with Gasteiger partial charge >= 0.3 is 0 Å². The van der Waals surface area contributed by atoms with E-state index >= 15 is 0 Å². The standard InChI is InChI=1S/C16H20N2O2/c1-2-17-16(20)13-8-5-9-14(11-13)18-15(19)10-12-6-3-4-7-12/h3,5-6,8-9,11-12H,2,4,7,10H2,1H3,(H,17,20)(H,18,19)/t12-/m1/s1. The van der Waals surface area contributed by atoms with Crippen LogP contribution in [0.5, 0.6) is 0 Å². The second-order valence-corrected chi connectivity index (χ2v) is 4.96. The fourth-order valence-corrected chi connectivity index (χ4v) is 2.32. The molecule has 0 aromatic heterocycles. The lowest BCUT2D eigenvalue weighted by Gasteiger charge is -2.10. The number of benzene rings is 1. The molecular formula is C16H20N2O2. The Labute approximate surface area is 119 Å². The Hall–Kier alpha value is -2.10. The van der Waals surface area contributed by atoms with Gasteiger partial charge in [0.1, 0.15) is 0 Å². The van der Waals surface area contributed by atoms with E-state index in [0.29, 0.717) is 30.1 Å². The van der Waals surface area contributed by atoms with Gasteiger partial charge in [-0.2, -0.15) is 0 Å². The highest BCUT2D eigenvalue weighted by molar-refractivity contribution is 5.97. The molecule has 0 radical (unpaired) electrons. The minimum Gasteiger partial charge on any atom is -0.352 e. The van der Waals surface area contributed by atoms with Crippen LogP contribution in [0.2, 0.25) is 0 Å². The molecule has 0 unspecified atom stereocenters. The Balaban J connectivity index is 1.95. The number of hydrogen-bond acceptors (Lipinski definition) is 2. The summed E-state index contributed by atoms with van der Waals surface area (Å²) in [5.41, 5.74) is 1.23. The van der Waals surface area contributed by atoms with Gasteiger partial charge in [-0.25, -0.2) is 0 Å². The number of allylic oxidation sites excluding steroid dienone is 2. The minimum absolute atomic E-state index is 0.00500. The molecule has 20 heavy (non-hydrogen) atoms. The normalized spacial score (nSPS) is 16.9. The Morgan fingerprint density at radius 3 is 2.90 bits per heavy atom. The summed E-state index contributed by atoms with van der Waals surface area (Å²) in [5.74, 6) is 0.221. The smallest absolute Gasteiger partial charge is 0.251 e. The third-order valence-corrected chi connectivity index (χ3v) is 3.31. The zero-order chi connectivity index (χ0) is 14.4. The fourth-order valence-electron chi connectivity index (χ4n) is 2.32. The molecule has 0 aliphatic heterocycles. The molecule has 1 aromatic carbocycles. The van der Waals surface area contributed by atoms with Crippen molar-refractivity contribution in [2.24, 2.45) is 5.92 Å². The number of amides is 2. The van der Waals surface area contributed by atoms with E-state index in [1.54, 1.807) is 24.3 Å². The quantitative estimate of drug-likeness (QED) is 0.810. The van der Waals surface area contributed by atoms with Gasteiger partial charge in [-0.1, -0.05) is 18.2 Å². The van der Waals surface area contributed by atoms with E-state index in [-0.39, 0.29) is 11.8 Å².